The normalized spacial score (nSPS) is 14.1. The third kappa shape index (κ3) is 5.00. The molecule has 1 rings (SSSR count). The molecular weight excluding hydrogens is 204 g/mol. The van der Waals surface area contributed by atoms with E-state index in [0.29, 0.717) is 13.1 Å². The van der Waals surface area contributed by atoms with Gasteiger partial charge in [-0.15, -0.1) is 0 Å². The average Bonchev–Trinajstić information content (AvgIpc) is 3.08. The molecule has 1 fully saturated rings. The number of hydrogen-bond donors (Lipinski definition) is 3. The summed E-state index contributed by atoms with van der Waals surface area (Å²) in [6.07, 6.45) is 2.10. The molecule has 5 nitrogen and oxygen atoms in total. The van der Waals surface area contributed by atoms with Crippen LogP contribution in [0.1, 0.15) is 26.7 Å². The van der Waals surface area contributed by atoms with Crippen LogP contribution < -0.4 is 16.0 Å². The van der Waals surface area contributed by atoms with Gasteiger partial charge in [0, 0.05) is 25.6 Å². The summed E-state index contributed by atoms with van der Waals surface area (Å²) in [5, 5.41) is 9.15. The smallest absolute Gasteiger partial charge is 0.223 e. The first kappa shape index (κ1) is 12.8. The second-order valence-corrected chi connectivity index (χ2v) is 3.86. The first-order chi connectivity index (χ1) is 7.77. The van der Waals surface area contributed by atoms with E-state index in [4.69, 9.17) is 0 Å². The molecule has 0 atom stereocenters. The van der Waals surface area contributed by atoms with Crippen LogP contribution in [-0.4, -0.2) is 38.0 Å². The Kier molecular flexibility index (Phi) is 5.67. The lowest BCUT2D eigenvalue weighted by atomic mass is 10.4. The van der Waals surface area contributed by atoms with E-state index in [1.54, 1.807) is 0 Å². The van der Waals surface area contributed by atoms with Crippen LogP contribution in [0.2, 0.25) is 0 Å². The van der Waals surface area contributed by atoms with Crippen molar-refractivity contribution in [3.05, 3.63) is 0 Å². The van der Waals surface area contributed by atoms with Gasteiger partial charge >= 0.3 is 0 Å². The van der Waals surface area contributed by atoms with Gasteiger partial charge in [-0.1, -0.05) is 0 Å². The van der Waals surface area contributed by atoms with E-state index >= 15 is 0 Å². The standard InChI is InChI=1S/C11H22N4O/c1-3-12-11(13-4-2)15-8-7-14-10(16)9-5-6-9/h9H,3-8H2,1-2H3,(H,14,16)(H2,12,13,15). The van der Waals surface area contributed by atoms with Gasteiger partial charge in [-0.2, -0.15) is 0 Å². The predicted molar refractivity (Wildman–Crippen MR) is 65.4 cm³/mol. The Morgan fingerprint density at radius 1 is 1.19 bits per heavy atom. The molecule has 3 N–H and O–H groups in total. The van der Waals surface area contributed by atoms with Crippen molar-refractivity contribution in [2.24, 2.45) is 10.9 Å². The zero-order valence-corrected chi connectivity index (χ0v) is 10.2. The highest BCUT2D eigenvalue weighted by atomic mass is 16.2. The fourth-order valence-electron chi connectivity index (χ4n) is 1.35. The van der Waals surface area contributed by atoms with Gasteiger partial charge in [0.1, 0.15) is 0 Å². The minimum Gasteiger partial charge on any atom is -0.357 e. The molecule has 0 spiro atoms. The quantitative estimate of drug-likeness (QED) is 0.341. The van der Waals surface area contributed by atoms with Crippen molar-refractivity contribution in [2.75, 3.05) is 26.2 Å². The van der Waals surface area contributed by atoms with Gasteiger partial charge in [-0.05, 0) is 26.7 Å². The molecular formula is C11H22N4O. The molecule has 0 bridgehead atoms. The zero-order chi connectivity index (χ0) is 11.8. The van der Waals surface area contributed by atoms with Crippen LogP contribution in [0.3, 0.4) is 0 Å². The van der Waals surface area contributed by atoms with Crippen LogP contribution in [0.4, 0.5) is 0 Å². The lowest BCUT2D eigenvalue weighted by Crippen LogP contribution is -2.38. The van der Waals surface area contributed by atoms with Crippen LogP contribution in [0.5, 0.6) is 0 Å². The zero-order valence-electron chi connectivity index (χ0n) is 10.2. The van der Waals surface area contributed by atoms with Gasteiger partial charge in [-0.25, -0.2) is 0 Å². The fourth-order valence-corrected chi connectivity index (χ4v) is 1.35. The van der Waals surface area contributed by atoms with Crippen molar-refractivity contribution < 1.29 is 4.79 Å². The first-order valence-corrected chi connectivity index (χ1v) is 6.07. The Hall–Kier alpha value is -1.26. The van der Waals surface area contributed by atoms with Gasteiger partial charge in [-0.3, -0.25) is 9.79 Å². The monoisotopic (exact) mass is 226 g/mol. The number of guanidine groups is 1. The summed E-state index contributed by atoms with van der Waals surface area (Å²) >= 11 is 0. The molecule has 0 aromatic carbocycles. The fraction of sp³-hybridized carbons (Fsp3) is 0.818. The molecule has 0 radical (unpaired) electrons. The maximum Gasteiger partial charge on any atom is 0.223 e. The number of amides is 1. The molecule has 92 valence electrons. The maximum atomic E-state index is 11.3. The molecule has 0 aromatic rings. The van der Waals surface area contributed by atoms with E-state index in [9.17, 15) is 4.79 Å². The van der Waals surface area contributed by atoms with Crippen molar-refractivity contribution in [1.29, 1.82) is 0 Å². The summed E-state index contributed by atoms with van der Waals surface area (Å²) in [7, 11) is 0. The van der Waals surface area contributed by atoms with Crippen molar-refractivity contribution in [1.82, 2.24) is 16.0 Å². The van der Waals surface area contributed by atoms with Gasteiger partial charge in [0.2, 0.25) is 5.91 Å². The van der Waals surface area contributed by atoms with E-state index in [-0.39, 0.29) is 11.8 Å². The van der Waals surface area contributed by atoms with Gasteiger partial charge < -0.3 is 16.0 Å². The Morgan fingerprint density at radius 2 is 1.81 bits per heavy atom. The number of aliphatic imine (C=N–C) groups is 1. The Labute approximate surface area is 97.1 Å². The van der Waals surface area contributed by atoms with Gasteiger partial charge in [0.25, 0.3) is 0 Å². The van der Waals surface area contributed by atoms with E-state index in [2.05, 4.69) is 20.9 Å². The van der Waals surface area contributed by atoms with E-state index in [1.165, 1.54) is 0 Å². The molecule has 1 aliphatic rings. The molecule has 1 amide bonds. The average molecular weight is 226 g/mol. The van der Waals surface area contributed by atoms with Crippen LogP contribution in [0, 0.1) is 5.92 Å². The highest BCUT2D eigenvalue weighted by Crippen LogP contribution is 2.28. The molecule has 16 heavy (non-hydrogen) atoms. The highest BCUT2D eigenvalue weighted by Gasteiger charge is 2.28. The van der Waals surface area contributed by atoms with Gasteiger partial charge in [0.15, 0.2) is 5.96 Å². The minimum absolute atomic E-state index is 0.184. The van der Waals surface area contributed by atoms with Crippen molar-refractivity contribution >= 4 is 11.9 Å². The Morgan fingerprint density at radius 3 is 2.31 bits per heavy atom. The predicted octanol–water partition coefficient (Wildman–Crippen LogP) is 0.0876. The van der Waals surface area contributed by atoms with Crippen LogP contribution in [0.25, 0.3) is 0 Å². The SMILES string of the molecule is CCNC(=NCCNC(=O)C1CC1)NCC. The third-order valence-electron chi connectivity index (χ3n) is 2.32. The number of carbonyl (C=O) groups excluding carboxylic acids is 1. The Bertz CT molecular complexity index is 240. The van der Waals surface area contributed by atoms with Crippen molar-refractivity contribution in [3.63, 3.8) is 0 Å². The van der Waals surface area contributed by atoms with E-state index in [0.717, 1.165) is 31.9 Å². The number of rotatable bonds is 6. The van der Waals surface area contributed by atoms with Crippen LogP contribution in [0.15, 0.2) is 4.99 Å². The summed E-state index contributed by atoms with van der Waals surface area (Å²) < 4.78 is 0. The maximum absolute atomic E-state index is 11.3. The summed E-state index contributed by atoms with van der Waals surface area (Å²) in [6, 6.07) is 0. The number of hydrogen-bond acceptors (Lipinski definition) is 2. The highest BCUT2D eigenvalue weighted by molar-refractivity contribution is 5.81. The van der Waals surface area contributed by atoms with E-state index in [1.807, 2.05) is 13.8 Å². The molecule has 0 aliphatic heterocycles. The third-order valence-corrected chi connectivity index (χ3v) is 2.32. The van der Waals surface area contributed by atoms with Crippen molar-refractivity contribution in [3.8, 4) is 0 Å². The molecule has 5 heteroatoms. The molecule has 0 heterocycles. The molecule has 0 aromatic heterocycles. The summed E-state index contributed by atoms with van der Waals surface area (Å²) in [6.45, 7) is 6.99. The van der Waals surface area contributed by atoms with Crippen molar-refractivity contribution in [2.45, 2.75) is 26.7 Å². The number of nitrogens with zero attached hydrogens (tertiary/aromatic N) is 1. The molecule has 1 saturated carbocycles. The Balaban J connectivity index is 2.13. The number of nitrogens with one attached hydrogen (secondary N) is 3. The summed E-state index contributed by atoms with van der Waals surface area (Å²) in [4.78, 5) is 15.6. The molecule has 1 aliphatic carbocycles. The number of carbonyl (C=O) groups is 1. The van der Waals surface area contributed by atoms with E-state index < -0.39 is 0 Å². The van der Waals surface area contributed by atoms with Gasteiger partial charge in [0.05, 0.1) is 6.54 Å². The summed E-state index contributed by atoms with van der Waals surface area (Å²) in [5.74, 6) is 1.28. The van der Waals surface area contributed by atoms with Crippen LogP contribution in [-0.2, 0) is 4.79 Å². The first-order valence-electron chi connectivity index (χ1n) is 6.07. The summed E-state index contributed by atoms with van der Waals surface area (Å²) in [5.41, 5.74) is 0. The van der Waals surface area contributed by atoms with Crippen LogP contribution >= 0.6 is 0 Å². The minimum atomic E-state index is 0.184. The lowest BCUT2D eigenvalue weighted by molar-refractivity contribution is -0.122. The lowest BCUT2D eigenvalue weighted by Gasteiger charge is -2.09. The second-order valence-electron chi connectivity index (χ2n) is 3.86. The topological polar surface area (TPSA) is 65.5 Å². The molecule has 0 saturated heterocycles. The largest absolute Gasteiger partial charge is 0.357 e. The second kappa shape index (κ2) is 7.09. The molecule has 0 unspecified atom stereocenters.